The fourth-order valence-corrected chi connectivity index (χ4v) is 2.63. The molecule has 0 spiro atoms. The summed E-state index contributed by atoms with van der Waals surface area (Å²) in [7, 11) is 0. The van der Waals surface area contributed by atoms with E-state index in [4.69, 9.17) is 4.74 Å². The third-order valence-corrected chi connectivity index (χ3v) is 4.02. The third-order valence-electron chi connectivity index (χ3n) is 3.16. The van der Waals surface area contributed by atoms with Crippen LogP contribution in [0.15, 0.2) is 34.7 Å². The van der Waals surface area contributed by atoms with E-state index < -0.39 is 0 Å². The molecule has 0 bridgehead atoms. The second-order valence-corrected chi connectivity index (χ2v) is 5.97. The maximum Gasteiger partial charge on any atom is 0.203 e. The van der Waals surface area contributed by atoms with Crippen molar-refractivity contribution in [2.75, 3.05) is 12.0 Å². The van der Waals surface area contributed by atoms with E-state index in [-0.39, 0.29) is 0 Å². The number of nitrogens with one attached hydrogen (secondary N) is 1. The fourth-order valence-electron chi connectivity index (χ4n) is 1.99. The number of benzene rings is 1. The standard InChI is InChI=1S/C17H23N3OS/c1-3-4-5-8-11-21-16-10-7-6-9-15(16)12-18-20-17-19-14(2)13-22-17/h6-7,9-10,12-13H,3-5,8,11H2,1-2H3,(H,19,20). The number of nitrogens with zero attached hydrogens (tertiary/aromatic N) is 2. The summed E-state index contributed by atoms with van der Waals surface area (Å²) in [5.41, 5.74) is 4.92. The molecule has 0 fully saturated rings. The first kappa shape index (κ1) is 16.5. The monoisotopic (exact) mass is 317 g/mol. The number of hydrogen-bond acceptors (Lipinski definition) is 5. The van der Waals surface area contributed by atoms with Crippen LogP contribution in [0.25, 0.3) is 0 Å². The molecule has 0 saturated carbocycles. The Morgan fingerprint density at radius 1 is 1.27 bits per heavy atom. The summed E-state index contributed by atoms with van der Waals surface area (Å²) in [6, 6.07) is 7.95. The zero-order valence-corrected chi connectivity index (χ0v) is 14.0. The zero-order valence-electron chi connectivity index (χ0n) is 13.2. The van der Waals surface area contributed by atoms with Gasteiger partial charge in [-0.05, 0) is 25.5 Å². The van der Waals surface area contributed by atoms with Gasteiger partial charge in [0.15, 0.2) is 0 Å². The Kier molecular flexibility index (Phi) is 6.90. The molecule has 1 aromatic carbocycles. The Morgan fingerprint density at radius 3 is 2.91 bits per heavy atom. The van der Waals surface area contributed by atoms with Gasteiger partial charge in [0.1, 0.15) is 5.75 Å². The lowest BCUT2D eigenvalue weighted by molar-refractivity contribution is 0.304. The number of para-hydroxylation sites is 1. The number of hydrogen-bond donors (Lipinski definition) is 1. The molecule has 0 unspecified atom stereocenters. The Balaban J connectivity index is 1.87. The molecule has 5 heteroatoms. The van der Waals surface area contributed by atoms with Crippen LogP contribution >= 0.6 is 11.3 Å². The van der Waals surface area contributed by atoms with E-state index >= 15 is 0 Å². The lowest BCUT2D eigenvalue weighted by Gasteiger charge is -2.08. The molecule has 0 amide bonds. The van der Waals surface area contributed by atoms with Gasteiger partial charge >= 0.3 is 0 Å². The molecule has 1 N–H and O–H groups in total. The third kappa shape index (κ3) is 5.48. The van der Waals surface area contributed by atoms with Gasteiger partial charge in [0.2, 0.25) is 5.13 Å². The number of thiazole rings is 1. The summed E-state index contributed by atoms with van der Waals surface area (Å²) in [5, 5.41) is 7.03. The minimum absolute atomic E-state index is 0.754. The van der Waals surface area contributed by atoms with Crippen LogP contribution in [0.2, 0.25) is 0 Å². The molecule has 0 radical (unpaired) electrons. The molecule has 22 heavy (non-hydrogen) atoms. The summed E-state index contributed by atoms with van der Waals surface area (Å²) in [6.07, 6.45) is 6.60. The molecule has 1 heterocycles. The highest BCUT2D eigenvalue weighted by Crippen LogP contribution is 2.17. The van der Waals surface area contributed by atoms with Crippen LogP contribution < -0.4 is 10.2 Å². The Hall–Kier alpha value is -1.88. The largest absolute Gasteiger partial charge is 0.493 e. The summed E-state index contributed by atoms with van der Waals surface area (Å²) >= 11 is 1.54. The van der Waals surface area contributed by atoms with Crippen molar-refractivity contribution in [3.05, 3.63) is 40.9 Å². The number of hydrazone groups is 1. The number of unbranched alkanes of at least 4 members (excludes halogenated alkanes) is 3. The fraction of sp³-hybridized carbons (Fsp3) is 0.412. The van der Waals surface area contributed by atoms with Crippen LogP contribution in [0.1, 0.15) is 43.9 Å². The number of rotatable bonds is 9. The Bertz CT molecular complexity index is 595. The number of aryl methyl sites for hydroxylation is 1. The average molecular weight is 317 g/mol. The van der Waals surface area contributed by atoms with Gasteiger partial charge in [-0.15, -0.1) is 11.3 Å². The maximum atomic E-state index is 5.86. The maximum absolute atomic E-state index is 5.86. The molecular weight excluding hydrogens is 294 g/mol. The van der Waals surface area contributed by atoms with Crippen LogP contribution in [0, 0.1) is 6.92 Å². The van der Waals surface area contributed by atoms with Crippen LogP contribution in [-0.2, 0) is 0 Å². The van der Waals surface area contributed by atoms with E-state index in [0.29, 0.717) is 0 Å². The van der Waals surface area contributed by atoms with E-state index in [1.807, 2.05) is 36.6 Å². The van der Waals surface area contributed by atoms with Crippen molar-refractivity contribution in [2.45, 2.75) is 39.5 Å². The van der Waals surface area contributed by atoms with E-state index in [1.54, 1.807) is 17.6 Å². The van der Waals surface area contributed by atoms with Crippen LogP contribution in [0.5, 0.6) is 5.75 Å². The number of ether oxygens (including phenoxy) is 1. The Morgan fingerprint density at radius 2 is 2.14 bits per heavy atom. The molecule has 0 aliphatic heterocycles. The van der Waals surface area contributed by atoms with Gasteiger partial charge in [-0.1, -0.05) is 38.3 Å². The Labute approximate surface area is 136 Å². The van der Waals surface area contributed by atoms with Crippen molar-refractivity contribution in [3.63, 3.8) is 0 Å². The molecular formula is C17H23N3OS. The van der Waals surface area contributed by atoms with Gasteiger partial charge in [-0.25, -0.2) is 4.98 Å². The molecule has 0 aliphatic carbocycles. The highest BCUT2D eigenvalue weighted by molar-refractivity contribution is 7.13. The van der Waals surface area contributed by atoms with E-state index in [0.717, 1.165) is 35.2 Å². The molecule has 0 saturated heterocycles. The first-order valence-electron chi connectivity index (χ1n) is 7.72. The highest BCUT2D eigenvalue weighted by Gasteiger charge is 2.01. The van der Waals surface area contributed by atoms with Gasteiger partial charge < -0.3 is 4.74 Å². The van der Waals surface area contributed by atoms with Crippen molar-refractivity contribution in [1.82, 2.24) is 4.98 Å². The van der Waals surface area contributed by atoms with Crippen molar-refractivity contribution in [1.29, 1.82) is 0 Å². The summed E-state index contributed by atoms with van der Waals surface area (Å²) in [4.78, 5) is 4.30. The van der Waals surface area contributed by atoms with Gasteiger partial charge in [-0.3, -0.25) is 5.43 Å². The zero-order chi connectivity index (χ0) is 15.6. The molecule has 2 rings (SSSR count). The summed E-state index contributed by atoms with van der Waals surface area (Å²) in [6.45, 7) is 4.93. The molecule has 4 nitrogen and oxygen atoms in total. The predicted molar refractivity (Wildman–Crippen MR) is 94.1 cm³/mol. The lowest BCUT2D eigenvalue weighted by Crippen LogP contribution is -2.00. The van der Waals surface area contributed by atoms with Crippen molar-refractivity contribution >= 4 is 22.7 Å². The van der Waals surface area contributed by atoms with Crippen LogP contribution in [0.3, 0.4) is 0 Å². The minimum atomic E-state index is 0.754. The van der Waals surface area contributed by atoms with Crippen LogP contribution in [0.4, 0.5) is 5.13 Å². The van der Waals surface area contributed by atoms with Gasteiger partial charge in [0.05, 0.1) is 18.5 Å². The SMILES string of the molecule is CCCCCCOc1ccccc1C=NNc1nc(C)cs1. The van der Waals surface area contributed by atoms with E-state index in [2.05, 4.69) is 22.4 Å². The molecule has 1 aromatic heterocycles. The van der Waals surface area contributed by atoms with Crippen LogP contribution in [-0.4, -0.2) is 17.8 Å². The molecule has 0 aliphatic rings. The van der Waals surface area contributed by atoms with Gasteiger partial charge in [-0.2, -0.15) is 5.10 Å². The normalized spacial score (nSPS) is 11.0. The van der Waals surface area contributed by atoms with E-state index in [9.17, 15) is 0 Å². The van der Waals surface area contributed by atoms with Gasteiger partial charge in [0.25, 0.3) is 0 Å². The summed E-state index contributed by atoms with van der Waals surface area (Å²) < 4.78 is 5.86. The summed E-state index contributed by atoms with van der Waals surface area (Å²) in [5.74, 6) is 0.875. The first-order valence-corrected chi connectivity index (χ1v) is 8.60. The minimum Gasteiger partial charge on any atom is -0.493 e. The van der Waals surface area contributed by atoms with Crippen molar-refractivity contribution in [2.24, 2.45) is 5.10 Å². The van der Waals surface area contributed by atoms with Crippen molar-refractivity contribution < 1.29 is 4.74 Å². The quantitative estimate of drug-likeness (QED) is 0.408. The molecule has 118 valence electrons. The average Bonchev–Trinajstić information content (AvgIpc) is 2.94. The molecule has 2 aromatic rings. The number of anilines is 1. The number of aromatic nitrogens is 1. The lowest BCUT2D eigenvalue weighted by atomic mass is 10.2. The second kappa shape index (κ2) is 9.20. The highest BCUT2D eigenvalue weighted by atomic mass is 32.1. The predicted octanol–water partition coefficient (Wildman–Crippen LogP) is 4.86. The second-order valence-electron chi connectivity index (χ2n) is 5.11. The first-order chi connectivity index (χ1) is 10.8. The van der Waals surface area contributed by atoms with Crippen molar-refractivity contribution in [3.8, 4) is 5.75 Å². The van der Waals surface area contributed by atoms with Gasteiger partial charge in [0, 0.05) is 10.9 Å². The topological polar surface area (TPSA) is 46.5 Å². The van der Waals surface area contributed by atoms with E-state index in [1.165, 1.54) is 19.3 Å². The smallest absolute Gasteiger partial charge is 0.203 e. The molecule has 0 atom stereocenters.